The molecule has 0 spiro atoms. The first-order valence-corrected chi connectivity index (χ1v) is 8.73. The summed E-state index contributed by atoms with van der Waals surface area (Å²) in [7, 11) is 3.29. The summed E-state index contributed by atoms with van der Waals surface area (Å²) < 4.78 is 10.9. The first-order chi connectivity index (χ1) is 12.2. The van der Waals surface area contributed by atoms with Crippen molar-refractivity contribution >= 4 is 0 Å². The zero-order valence-electron chi connectivity index (χ0n) is 14.7. The van der Waals surface area contributed by atoms with Crippen molar-refractivity contribution in [3.63, 3.8) is 0 Å². The summed E-state index contributed by atoms with van der Waals surface area (Å²) in [5, 5.41) is 0. The Labute approximate surface area is 146 Å². The summed E-state index contributed by atoms with van der Waals surface area (Å²) in [5.74, 6) is 2.83. The number of benzene rings is 1. The first kappa shape index (κ1) is 16.1. The number of methoxy groups -OCH3 is 2. The fraction of sp³-hybridized carbons (Fsp3) is 0.474. The average Bonchev–Trinajstić information content (AvgIpc) is 3.47. The van der Waals surface area contributed by atoms with Crippen molar-refractivity contribution in [3.05, 3.63) is 51.2 Å². The molecule has 0 unspecified atom stereocenters. The smallest absolute Gasteiger partial charge is 0.255 e. The predicted molar refractivity (Wildman–Crippen MR) is 94.2 cm³/mol. The molecule has 1 aromatic carbocycles. The maximum absolute atomic E-state index is 12.5. The molecule has 1 aromatic heterocycles. The molecule has 132 valence electrons. The lowest BCUT2D eigenvalue weighted by Crippen LogP contribution is -2.35. The van der Waals surface area contributed by atoms with Gasteiger partial charge in [0.25, 0.3) is 5.56 Å². The Hall–Kier alpha value is -2.34. The van der Waals surface area contributed by atoms with Crippen LogP contribution in [-0.2, 0) is 19.5 Å². The second kappa shape index (κ2) is 6.52. The van der Waals surface area contributed by atoms with Gasteiger partial charge < -0.3 is 14.5 Å². The third kappa shape index (κ3) is 3.14. The molecule has 1 N–H and O–H groups in total. The van der Waals surface area contributed by atoms with E-state index in [1.54, 1.807) is 14.2 Å². The second-order valence-electron chi connectivity index (χ2n) is 6.76. The summed E-state index contributed by atoms with van der Waals surface area (Å²) in [6.45, 7) is 2.21. The maximum Gasteiger partial charge on any atom is 0.255 e. The number of fused-ring (bicyclic) bond motifs is 1. The van der Waals surface area contributed by atoms with E-state index in [-0.39, 0.29) is 5.56 Å². The maximum atomic E-state index is 12.5. The summed E-state index contributed by atoms with van der Waals surface area (Å²) in [4.78, 5) is 22.4. The summed E-state index contributed by atoms with van der Waals surface area (Å²) in [5.41, 5.74) is 2.86. The monoisotopic (exact) mass is 341 g/mol. The Balaban J connectivity index is 1.56. The zero-order valence-corrected chi connectivity index (χ0v) is 14.7. The van der Waals surface area contributed by atoms with E-state index in [9.17, 15) is 4.79 Å². The number of nitrogens with zero attached hydrogens (tertiary/aromatic N) is 2. The van der Waals surface area contributed by atoms with E-state index in [1.165, 1.54) is 0 Å². The number of aromatic nitrogens is 2. The minimum Gasteiger partial charge on any atom is -0.493 e. The Bertz CT molecular complexity index is 842. The lowest BCUT2D eigenvalue weighted by atomic mass is 10.1. The van der Waals surface area contributed by atoms with Crippen molar-refractivity contribution in [2.45, 2.75) is 38.3 Å². The van der Waals surface area contributed by atoms with Crippen molar-refractivity contribution in [2.24, 2.45) is 0 Å². The van der Waals surface area contributed by atoms with E-state index in [2.05, 4.69) is 9.88 Å². The van der Waals surface area contributed by atoms with Gasteiger partial charge in [0.15, 0.2) is 11.5 Å². The molecule has 25 heavy (non-hydrogen) atoms. The van der Waals surface area contributed by atoms with Crippen LogP contribution in [0.5, 0.6) is 11.5 Å². The van der Waals surface area contributed by atoms with E-state index in [0.717, 1.165) is 60.0 Å². The molecule has 0 atom stereocenters. The van der Waals surface area contributed by atoms with E-state index in [4.69, 9.17) is 14.5 Å². The van der Waals surface area contributed by atoms with Gasteiger partial charge in [0.1, 0.15) is 5.82 Å². The standard InChI is InChI=1S/C19H23N3O3/c1-24-16-5-3-4-13(17(16)25-2)10-22-9-8-15-14(11-22)19(23)21-18(20-15)12-6-7-12/h3-5,12H,6-11H2,1-2H3,(H,20,21,23). The van der Waals surface area contributed by atoms with Gasteiger partial charge in [0, 0.05) is 37.5 Å². The van der Waals surface area contributed by atoms with Crippen LogP contribution in [0.1, 0.15) is 41.4 Å². The predicted octanol–water partition coefficient (Wildman–Crippen LogP) is 2.22. The normalized spacial score (nSPS) is 17.2. The lowest BCUT2D eigenvalue weighted by Gasteiger charge is -2.28. The molecule has 1 aliphatic carbocycles. The van der Waals surface area contributed by atoms with Gasteiger partial charge >= 0.3 is 0 Å². The molecule has 2 aromatic rings. The highest BCUT2D eigenvalue weighted by Crippen LogP contribution is 2.38. The van der Waals surface area contributed by atoms with Gasteiger partial charge in [0.05, 0.1) is 25.5 Å². The molecule has 2 heterocycles. The average molecular weight is 341 g/mol. The van der Waals surface area contributed by atoms with Gasteiger partial charge in [-0.15, -0.1) is 0 Å². The number of rotatable bonds is 5. The molecule has 1 fully saturated rings. The minimum atomic E-state index is 0.0224. The number of aromatic amines is 1. The molecule has 6 heteroatoms. The Morgan fingerprint density at radius 2 is 2.12 bits per heavy atom. The van der Waals surface area contributed by atoms with Gasteiger partial charge in [-0.1, -0.05) is 12.1 Å². The largest absolute Gasteiger partial charge is 0.493 e. The number of nitrogens with one attached hydrogen (secondary N) is 1. The van der Waals surface area contributed by atoms with Crippen LogP contribution in [-0.4, -0.2) is 35.6 Å². The van der Waals surface area contributed by atoms with Gasteiger partial charge in [0.2, 0.25) is 0 Å². The topological polar surface area (TPSA) is 67.5 Å². The summed E-state index contributed by atoms with van der Waals surface area (Å²) >= 11 is 0. The molecule has 1 aliphatic heterocycles. The first-order valence-electron chi connectivity index (χ1n) is 8.73. The molecule has 0 bridgehead atoms. The fourth-order valence-corrected chi connectivity index (χ4v) is 3.50. The van der Waals surface area contributed by atoms with Crippen LogP contribution in [0, 0.1) is 0 Å². The molecule has 1 saturated carbocycles. The molecular formula is C19H23N3O3. The zero-order chi connectivity index (χ0) is 17.4. The van der Waals surface area contributed by atoms with Gasteiger partial charge in [-0.25, -0.2) is 4.98 Å². The molecule has 0 amide bonds. The van der Waals surface area contributed by atoms with Crippen LogP contribution < -0.4 is 15.0 Å². The SMILES string of the molecule is COc1cccc(CN2CCc3nc(C4CC4)[nH]c(=O)c3C2)c1OC. The van der Waals surface area contributed by atoms with Gasteiger partial charge in [-0.2, -0.15) is 0 Å². The number of hydrogen-bond acceptors (Lipinski definition) is 5. The highest BCUT2D eigenvalue weighted by Gasteiger charge is 2.29. The molecular weight excluding hydrogens is 318 g/mol. The third-order valence-corrected chi connectivity index (χ3v) is 5.01. The molecule has 6 nitrogen and oxygen atoms in total. The van der Waals surface area contributed by atoms with Gasteiger partial charge in [-0.05, 0) is 18.9 Å². The molecule has 2 aliphatic rings. The van der Waals surface area contributed by atoms with Crippen molar-refractivity contribution in [3.8, 4) is 11.5 Å². The number of ether oxygens (including phenoxy) is 2. The Kier molecular flexibility index (Phi) is 4.21. The molecule has 4 rings (SSSR count). The number of hydrogen-bond donors (Lipinski definition) is 1. The fourth-order valence-electron chi connectivity index (χ4n) is 3.50. The molecule has 0 saturated heterocycles. The molecule has 0 radical (unpaired) electrons. The van der Waals surface area contributed by atoms with E-state index < -0.39 is 0 Å². The second-order valence-corrected chi connectivity index (χ2v) is 6.76. The Morgan fingerprint density at radius 3 is 2.84 bits per heavy atom. The van der Waals surface area contributed by atoms with Crippen LogP contribution in [0.3, 0.4) is 0 Å². The van der Waals surface area contributed by atoms with Crippen LogP contribution >= 0.6 is 0 Å². The summed E-state index contributed by atoms with van der Waals surface area (Å²) in [6.07, 6.45) is 3.10. The summed E-state index contributed by atoms with van der Waals surface area (Å²) in [6, 6.07) is 5.89. The Morgan fingerprint density at radius 1 is 1.28 bits per heavy atom. The number of H-pyrrole nitrogens is 1. The van der Waals surface area contributed by atoms with Crippen molar-refractivity contribution in [1.29, 1.82) is 0 Å². The van der Waals surface area contributed by atoms with Gasteiger partial charge in [-0.3, -0.25) is 9.69 Å². The van der Waals surface area contributed by atoms with Crippen LogP contribution in [0.2, 0.25) is 0 Å². The van der Waals surface area contributed by atoms with Crippen molar-refractivity contribution in [2.75, 3.05) is 20.8 Å². The van der Waals surface area contributed by atoms with E-state index >= 15 is 0 Å². The van der Waals surface area contributed by atoms with Crippen LogP contribution in [0.25, 0.3) is 0 Å². The lowest BCUT2D eigenvalue weighted by molar-refractivity contribution is 0.236. The highest BCUT2D eigenvalue weighted by molar-refractivity contribution is 5.46. The van der Waals surface area contributed by atoms with E-state index in [0.29, 0.717) is 19.0 Å². The quantitative estimate of drug-likeness (QED) is 0.903. The van der Waals surface area contributed by atoms with Crippen molar-refractivity contribution < 1.29 is 9.47 Å². The van der Waals surface area contributed by atoms with E-state index in [1.807, 2.05) is 18.2 Å². The third-order valence-electron chi connectivity index (χ3n) is 5.01. The minimum absolute atomic E-state index is 0.0224. The number of para-hydroxylation sites is 1. The van der Waals surface area contributed by atoms with Crippen LogP contribution in [0.15, 0.2) is 23.0 Å². The van der Waals surface area contributed by atoms with Crippen LogP contribution in [0.4, 0.5) is 0 Å². The van der Waals surface area contributed by atoms with Crippen molar-refractivity contribution in [1.82, 2.24) is 14.9 Å². The highest BCUT2D eigenvalue weighted by atomic mass is 16.5.